The number of pyridine rings is 2. The summed E-state index contributed by atoms with van der Waals surface area (Å²) >= 11 is 0. The molecule has 204 valence electrons. The molecule has 1 aliphatic heterocycles. The van der Waals surface area contributed by atoms with Crippen LogP contribution >= 0.6 is 0 Å². The molecule has 1 saturated heterocycles. The third kappa shape index (κ3) is 5.84. The maximum Gasteiger partial charge on any atom is 0.422 e. The quantitative estimate of drug-likeness (QED) is 0.435. The molecule has 4 heterocycles. The van der Waals surface area contributed by atoms with E-state index in [0.717, 1.165) is 25.1 Å². The summed E-state index contributed by atoms with van der Waals surface area (Å²) in [7, 11) is -3.11. The standard InChI is InChI=1S/C24H24F4N4O5S/c1-23(5-8-38(34,35)9-6-23)30-21(33)20-19(14-2-3-14)17-11-16(4-7-32(17)31-20)37-22-18(10-15(25)12-29-22)36-13-24(26,27)28/h4,7,10-12,14H,2-3,5-6,8-9,13H2,1H3,(H,30,33). The summed E-state index contributed by atoms with van der Waals surface area (Å²) in [5, 5.41) is 7.41. The molecule has 0 bridgehead atoms. The maximum absolute atomic E-state index is 13.6. The van der Waals surface area contributed by atoms with Crippen LogP contribution in [0, 0.1) is 5.82 Å². The zero-order chi connectivity index (χ0) is 27.3. The first-order chi connectivity index (χ1) is 17.8. The van der Waals surface area contributed by atoms with Gasteiger partial charge in [-0.25, -0.2) is 22.3 Å². The van der Waals surface area contributed by atoms with E-state index in [1.165, 1.54) is 16.8 Å². The minimum absolute atomic E-state index is 0.00276. The van der Waals surface area contributed by atoms with Crippen LogP contribution in [0.15, 0.2) is 30.6 Å². The molecule has 3 aromatic rings. The van der Waals surface area contributed by atoms with Crippen LogP contribution in [0.4, 0.5) is 17.6 Å². The monoisotopic (exact) mass is 556 g/mol. The smallest absolute Gasteiger partial charge is 0.422 e. The summed E-state index contributed by atoms with van der Waals surface area (Å²) < 4.78 is 87.0. The van der Waals surface area contributed by atoms with Gasteiger partial charge in [0, 0.05) is 29.4 Å². The van der Waals surface area contributed by atoms with Gasteiger partial charge in [0.15, 0.2) is 18.1 Å². The molecule has 2 fully saturated rings. The Morgan fingerprint density at radius 2 is 1.95 bits per heavy atom. The van der Waals surface area contributed by atoms with Crippen LogP contribution in [0.3, 0.4) is 0 Å². The van der Waals surface area contributed by atoms with Crippen LogP contribution in [-0.4, -0.2) is 58.8 Å². The average molecular weight is 557 g/mol. The molecule has 3 aromatic heterocycles. The minimum Gasteiger partial charge on any atom is -0.478 e. The maximum atomic E-state index is 13.6. The van der Waals surface area contributed by atoms with Crippen molar-refractivity contribution in [3.05, 3.63) is 47.7 Å². The van der Waals surface area contributed by atoms with Gasteiger partial charge in [-0.2, -0.15) is 18.3 Å². The number of amides is 1. The fourth-order valence-electron chi connectivity index (χ4n) is 4.36. The van der Waals surface area contributed by atoms with E-state index in [9.17, 15) is 30.8 Å². The summed E-state index contributed by atoms with van der Waals surface area (Å²) in [4.78, 5) is 17.0. The molecule has 0 unspecified atom stereocenters. The molecule has 14 heteroatoms. The van der Waals surface area contributed by atoms with E-state index >= 15 is 0 Å². The molecule has 38 heavy (non-hydrogen) atoms. The van der Waals surface area contributed by atoms with Crippen molar-refractivity contribution < 1.29 is 40.2 Å². The van der Waals surface area contributed by atoms with Crippen molar-refractivity contribution in [2.75, 3.05) is 18.1 Å². The fraction of sp³-hybridized carbons (Fsp3) is 0.458. The number of hydrogen-bond donors (Lipinski definition) is 1. The van der Waals surface area contributed by atoms with Gasteiger partial charge in [-0.3, -0.25) is 4.79 Å². The van der Waals surface area contributed by atoms with Crippen molar-refractivity contribution in [1.29, 1.82) is 0 Å². The van der Waals surface area contributed by atoms with Crippen molar-refractivity contribution in [2.24, 2.45) is 0 Å². The van der Waals surface area contributed by atoms with Crippen molar-refractivity contribution in [3.63, 3.8) is 0 Å². The fourth-order valence-corrected chi connectivity index (χ4v) is 6.08. The van der Waals surface area contributed by atoms with Crippen LogP contribution in [0.2, 0.25) is 0 Å². The van der Waals surface area contributed by atoms with E-state index in [2.05, 4.69) is 20.1 Å². The van der Waals surface area contributed by atoms with Crippen molar-refractivity contribution >= 4 is 21.3 Å². The zero-order valence-corrected chi connectivity index (χ0v) is 21.0. The van der Waals surface area contributed by atoms with Gasteiger partial charge in [-0.05, 0) is 44.6 Å². The number of rotatable bonds is 7. The molecule has 1 saturated carbocycles. The Labute approximate surface area is 215 Å². The largest absolute Gasteiger partial charge is 0.478 e. The van der Waals surface area contributed by atoms with Gasteiger partial charge in [0.05, 0.1) is 23.2 Å². The number of nitrogens with one attached hydrogen (secondary N) is 1. The van der Waals surface area contributed by atoms with Gasteiger partial charge in [0.25, 0.3) is 11.8 Å². The Hall–Kier alpha value is -3.42. The molecule has 2 aliphatic rings. The number of sulfone groups is 1. The summed E-state index contributed by atoms with van der Waals surface area (Å²) in [5.74, 6) is -1.93. The van der Waals surface area contributed by atoms with Crippen molar-refractivity contribution in [1.82, 2.24) is 19.9 Å². The highest BCUT2D eigenvalue weighted by atomic mass is 32.2. The van der Waals surface area contributed by atoms with Crippen molar-refractivity contribution in [3.8, 4) is 17.4 Å². The minimum atomic E-state index is -4.64. The highest BCUT2D eigenvalue weighted by Crippen LogP contribution is 2.44. The third-order valence-corrected chi connectivity index (χ3v) is 8.23. The van der Waals surface area contributed by atoms with Gasteiger partial charge in [0.2, 0.25) is 0 Å². The number of carbonyl (C=O) groups is 1. The van der Waals surface area contributed by atoms with Gasteiger partial charge >= 0.3 is 6.18 Å². The second-order valence-electron chi connectivity index (χ2n) is 9.86. The average Bonchev–Trinajstić information content (AvgIpc) is 3.60. The number of ether oxygens (including phenoxy) is 2. The Kier molecular flexibility index (Phi) is 6.48. The molecule has 0 spiro atoms. The predicted molar refractivity (Wildman–Crippen MR) is 127 cm³/mol. The Balaban J connectivity index is 1.42. The molecular weight excluding hydrogens is 532 g/mol. The zero-order valence-electron chi connectivity index (χ0n) is 20.2. The lowest BCUT2D eigenvalue weighted by molar-refractivity contribution is -0.153. The molecule has 5 rings (SSSR count). The first kappa shape index (κ1) is 26.2. The van der Waals surface area contributed by atoms with Crippen molar-refractivity contribution in [2.45, 2.75) is 50.2 Å². The van der Waals surface area contributed by atoms with Crippen LogP contribution < -0.4 is 14.8 Å². The molecule has 1 aliphatic carbocycles. The second kappa shape index (κ2) is 9.40. The summed E-state index contributed by atoms with van der Waals surface area (Å²) in [6.45, 7) is 0.164. The van der Waals surface area contributed by atoms with Crippen LogP contribution in [0.1, 0.15) is 54.6 Å². The first-order valence-electron chi connectivity index (χ1n) is 11.9. The lowest BCUT2D eigenvalue weighted by Gasteiger charge is -2.34. The van der Waals surface area contributed by atoms with E-state index in [1.807, 2.05) is 6.92 Å². The Morgan fingerprint density at radius 3 is 2.61 bits per heavy atom. The summed E-state index contributed by atoms with van der Waals surface area (Å²) in [6, 6.07) is 3.80. The van der Waals surface area contributed by atoms with E-state index in [1.54, 1.807) is 6.07 Å². The Morgan fingerprint density at radius 1 is 1.24 bits per heavy atom. The molecule has 1 N–H and O–H groups in total. The first-order valence-corrected chi connectivity index (χ1v) is 13.7. The van der Waals surface area contributed by atoms with Gasteiger partial charge in [-0.1, -0.05) is 0 Å². The summed E-state index contributed by atoms with van der Waals surface area (Å²) in [5.41, 5.74) is 0.786. The second-order valence-corrected chi connectivity index (χ2v) is 12.2. The number of halogens is 4. The molecule has 0 radical (unpaired) electrons. The van der Waals surface area contributed by atoms with E-state index in [0.29, 0.717) is 23.9 Å². The van der Waals surface area contributed by atoms with E-state index in [4.69, 9.17) is 4.74 Å². The lowest BCUT2D eigenvalue weighted by atomic mass is 9.94. The summed E-state index contributed by atoms with van der Waals surface area (Å²) in [6.07, 6.45) is -0.0268. The number of hydrogen-bond acceptors (Lipinski definition) is 7. The predicted octanol–water partition coefficient (Wildman–Crippen LogP) is 4.18. The molecule has 1 amide bonds. The molecule has 9 nitrogen and oxygen atoms in total. The highest BCUT2D eigenvalue weighted by Gasteiger charge is 2.38. The molecule has 0 aromatic carbocycles. The normalized spacial score (nSPS) is 18.8. The highest BCUT2D eigenvalue weighted by molar-refractivity contribution is 7.91. The number of fused-ring (bicyclic) bond motifs is 1. The van der Waals surface area contributed by atoms with Crippen LogP contribution in [0.25, 0.3) is 5.52 Å². The number of alkyl halides is 3. The van der Waals surface area contributed by atoms with Gasteiger partial charge < -0.3 is 14.8 Å². The van der Waals surface area contributed by atoms with Gasteiger partial charge in [-0.15, -0.1) is 0 Å². The number of carbonyl (C=O) groups excluding carboxylic acids is 1. The SMILES string of the molecule is CC1(NC(=O)c2nn3ccc(Oc4ncc(F)cc4OCC(F)(F)F)cc3c2C2CC2)CCS(=O)(=O)CC1. The number of nitrogens with zero attached hydrogens (tertiary/aromatic N) is 3. The third-order valence-electron chi connectivity index (χ3n) is 6.58. The Bertz CT molecular complexity index is 1490. The lowest BCUT2D eigenvalue weighted by Crippen LogP contribution is -2.51. The molecule has 0 atom stereocenters. The van der Waals surface area contributed by atoms with Gasteiger partial charge in [0.1, 0.15) is 21.4 Å². The van der Waals surface area contributed by atoms with E-state index < -0.39 is 45.6 Å². The molecular formula is C24H24F4N4O5S. The topological polar surface area (TPSA) is 112 Å². The number of aromatic nitrogens is 3. The van der Waals surface area contributed by atoms with Crippen LogP contribution in [0.5, 0.6) is 17.4 Å². The van der Waals surface area contributed by atoms with Crippen LogP contribution in [-0.2, 0) is 9.84 Å². The van der Waals surface area contributed by atoms with E-state index in [-0.39, 0.29) is 34.7 Å².